The molecule has 0 bridgehead atoms. The van der Waals surface area contributed by atoms with E-state index < -0.39 is 5.41 Å². The van der Waals surface area contributed by atoms with Crippen molar-refractivity contribution < 1.29 is 9.59 Å². The van der Waals surface area contributed by atoms with Crippen LogP contribution in [0.25, 0.3) is 0 Å². The molecule has 1 aliphatic rings. The van der Waals surface area contributed by atoms with Crippen LogP contribution < -0.4 is 5.32 Å². The molecule has 0 saturated carbocycles. The number of hydrogen-bond donors (Lipinski definition) is 1. The summed E-state index contributed by atoms with van der Waals surface area (Å²) in [5.41, 5.74) is -1.06. The van der Waals surface area contributed by atoms with Crippen LogP contribution in [-0.4, -0.2) is 28.9 Å². The van der Waals surface area contributed by atoms with E-state index in [0.717, 1.165) is 12.8 Å². The molecule has 0 unspecified atom stereocenters. The van der Waals surface area contributed by atoms with Gasteiger partial charge in [0.05, 0.1) is 0 Å². The Hall–Kier alpha value is -1.23. The van der Waals surface area contributed by atoms with Gasteiger partial charge < -0.3 is 5.32 Å². The standard InChI is InChI=1S/C13H20N2O2S/c1-5-7-9(3)13(8-6-2)10(16)14-12(18)15(4)11(13)17/h6,9H,2,5,7-8H2,1,3-4H3,(H,14,16,18)/t9-,13+/m1/s1. The molecule has 5 heteroatoms. The fourth-order valence-corrected chi connectivity index (χ4v) is 2.68. The SMILES string of the molecule is C=CC[C@]1([C@H](C)CCC)C(=O)NC(=S)N(C)C1=O. The Balaban J connectivity index is 3.22. The van der Waals surface area contributed by atoms with Crippen LogP contribution in [0.15, 0.2) is 12.7 Å². The lowest BCUT2D eigenvalue weighted by Crippen LogP contribution is -2.64. The molecule has 2 amide bonds. The zero-order valence-electron chi connectivity index (χ0n) is 11.2. The average molecular weight is 268 g/mol. The van der Waals surface area contributed by atoms with E-state index in [-0.39, 0.29) is 22.8 Å². The second kappa shape index (κ2) is 5.61. The van der Waals surface area contributed by atoms with E-state index in [1.807, 2.05) is 13.8 Å². The average Bonchev–Trinajstić information content (AvgIpc) is 2.32. The first-order valence-electron chi connectivity index (χ1n) is 6.16. The molecule has 4 nitrogen and oxygen atoms in total. The summed E-state index contributed by atoms with van der Waals surface area (Å²) in [6, 6.07) is 0. The first kappa shape index (κ1) is 14.8. The Morgan fingerprint density at radius 3 is 2.67 bits per heavy atom. The van der Waals surface area contributed by atoms with Gasteiger partial charge in [0.2, 0.25) is 11.8 Å². The minimum Gasteiger partial charge on any atom is -0.302 e. The van der Waals surface area contributed by atoms with E-state index in [4.69, 9.17) is 12.2 Å². The molecule has 1 saturated heterocycles. The highest BCUT2D eigenvalue weighted by molar-refractivity contribution is 7.80. The van der Waals surface area contributed by atoms with Crippen LogP contribution >= 0.6 is 12.2 Å². The minimum atomic E-state index is -1.06. The third-order valence-electron chi connectivity index (χ3n) is 3.65. The fraction of sp³-hybridized carbons (Fsp3) is 0.615. The molecular weight excluding hydrogens is 248 g/mol. The van der Waals surface area contributed by atoms with Gasteiger partial charge in [0.1, 0.15) is 5.41 Å². The van der Waals surface area contributed by atoms with Crippen LogP contribution in [0.4, 0.5) is 0 Å². The van der Waals surface area contributed by atoms with E-state index in [1.165, 1.54) is 4.90 Å². The third-order valence-corrected chi connectivity index (χ3v) is 4.02. The normalized spacial score (nSPS) is 25.9. The van der Waals surface area contributed by atoms with Gasteiger partial charge in [-0.1, -0.05) is 26.3 Å². The highest BCUT2D eigenvalue weighted by Gasteiger charge is 2.53. The van der Waals surface area contributed by atoms with Gasteiger partial charge in [0.15, 0.2) is 5.11 Å². The minimum absolute atomic E-state index is 0.0430. The van der Waals surface area contributed by atoms with Gasteiger partial charge in [-0.2, -0.15) is 0 Å². The highest BCUT2D eigenvalue weighted by atomic mass is 32.1. The van der Waals surface area contributed by atoms with Crippen molar-refractivity contribution in [2.24, 2.45) is 11.3 Å². The maximum atomic E-state index is 12.5. The molecule has 18 heavy (non-hydrogen) atoms. The largest absolute Gasteiger partial charge is 0.302 e. The zero-order chi connectivity index (χ0) is 13.9. The van der Waals surface area contributed by atoms with Crippen molar-refractivity contribution in [3.63, 3.8) is 0 Å². The highest BCUT2D eigenvalue weighted by Crippen LogP contribution is 2.39. The summed E-state index contributed by atoms with van der Waals surface area (Å²) in [4.78, 5) is 26.2. The van der Waals surface area contributed by atoms with E-state index in [1.54, 1.807) is 13.1 Å². The lowest BCUT2D eigenvalue weighted by Gasteiger charge is -2.42. The molecule has 1 aliphatic heterocycles. The Labute approximate surface area is 113 Å². The summed E-state index contributed by atoms with van der Waals surface area (Å²) in [6.45, 7) is 7.65. The van der Waals surface area contributed by atoms with Crippen molar-refractivity contribution >= 4 is 29.1 Å². The van der Waals surface area contributed by atoms with Crippen LogP contribution in [0, 0.1) is 11.3 Å². The number of rotatable bonds is 5. The lowest BCUT2D eigenvalue weighted by molar-refractivity contribution is -0.153. The monoisotopic (exact) mass is 268 g/mol. The molecule has 0 radical (unpaired) electrons. The molecule has 0 aromatic heterocycles. The number of nitrogens with one attached hydrogen (secondary N) is 1. The summed E-state index contributed by atoms with van der Waals surface area (Å²) in [5, 5.41) is 2.80. The number of thiocarbonyl (C=S) groups is 1. The van der Waals surface area contributed by atoms with Gasteiger partial charge in [-0.15, -0.1) is 6.58 Å². The molecule has 100 valence electrons. The van der Waals surface area contributed by atoms with Gasteiger partial charge in [-0.3, -0.25) is 14.5 Å². The summed E-state index contributed by atoms with van der Waals surface area (Å²) in [5.74, 6) is -0.563. The van der Waals surface area contributed by atoms with Crippen molar-refractivity contribution in [3.8, 4) is 0 Å². The summed E-state index contributed by atoms with van der Waals surface area (Å²) in [6.07, 6.45) is 3.71. The van der Waals surface area contributed by atoms with Crippen LogP contribution in [0.1, 0.15) is 33.1 Å². The lowest BCUT2D eigenvalue weighted by atomic mass is 9.69. The van der Waals surface area contributed by atoms with Gasteiger partial charge >= 0.3 is 0 Å². The van der Waals surface area contributed by atoms with Crippen molar-refractivity contribution in [1.29, 1.82) is 0 Å². The smallest absolute Gasteiger partial charge is 0.244 e. The van der Waals surface area contributed by atoms with Gasteiger partial charge in [0, 0.05) is 7.05 Å². The van der Waals surface area contributed by atoms with Crippen molar-refractivity contribution in [3.05, 3.63) is 12.7 Å². The first-order chi connectivity index (χ1) is 8.41. The van der Waals surface area contributed by atoms with E-state index in [0.29, 0.717) is 6.42 Å². The van der Waals surface area contributed by atoms with Gasteiger partial charge in [0.25, 0.3) is 0 Å². The maximum absolute atomic E-state index is 12.5. The molecule has 1 N–H and O–H groups in total. The van der Waals surface area contributed by atoms with Gasteiger partial charge in [-0.25, -0.2) is 0 Å². The number of carbonyl (C=O) groups is 2. The molecule has 0 aromatic carbocycles. The zero-order valence-corrected chi connectivity index (χ0v) is 12.0. The number of allylic oxidation sites excluding steroid dienone is 1. The number of nitrogens with zero attached hydrogens (tertiary/aromatic N) is 1. The van der Waals surface area contributed by atoms with Crippen LogP contribution in [0.3, 0.4) is 0 Å². The van der Waals surface area contributed by atoms with Crippen molar-refractivity contribution in [2.75, 3.05) is 7.05 Å². The first-order valence-corrected chi connectivity index (χ1v) is 6.57. The fourth-order valence-electron chi connectivity index (χ4n) is 2.50. The molecule has 0 aliphatic carbocycles. The van der Waals surface area contributed by atoms with Crippen molar-refractivity contribution in [1.82, 2.24) is 10.2 Å². The summed E-state index contributed by atoms with van der Waals surface area (Å²) in [7, 11) is 1.60. The Morgan fingerprint density at radius 1 is 1.56 bits per heavy atom. The van der Waals surface area contributed by atoms with E-state index in [9.17, 15) is 9.59 Å². The Morgan fingerprint density at radius 2 is 2.17 bits per heavy atom. The second-order valence-corrected chi connectivity index (χ2v) is 5.16. The Bertz CT molecular complexity index is 394. The molecule has 1 heterocycles. The summed E-state index contributed by atoms with van der Waals surface area (Å²) < 4.78 is 0. The molecule has 1 rings (SSSR count). The number of amides is 2. The maximum Gasteiger partial charge on any atom is 0.244 e. The van der Waals surface area contributed by atoms with E-state index >= 15 is 0 Å². The van der Waals surface area contributed by atoms with Crippen LogP contribution in [-0.2, 0) is 9.59 Å². The number of carbonyl (C=O) groups excluding carboxylic acids is 2. The molecule has 0 spiro atoms. The Kier molecular flexibility index (Phi) is 4.62. The number of hydrogen-bond acceptors (Lipinski definition) is 3. The predicted octanol–water partition coefficient (Wildman–Crippen LogP) is 1.86. The van der Waals surface area contributed by atoms with Crippen LogP contribution in [0.5, 0.6) is 0 Å². The van der Waals surface area contributed by atoms with E-state index in [2.05, 4.69) is 11.9 Å². The topological polar surface area (TPSA) is 49.4 Å². The van der Waals surface area contributed by atoms with Crippen LogP contribution in [0.2, 0.25) is 0 Å². The quantitative estimate of drug-likeness (QED) is 0.470. The summed E-state index contributed by atoms with van der Waals surface area (Å²) >= 11 is 4.97. The predicted molar refractivity (Wildman–Crippen MR) is 74.8 cm³/mol. The second-order valence-electron chi connectivity index (χ2n) is 4.78. The molecular formula is C13H20N2O2S. The van der Waals surface area contributed by atoms with Crippen molar-refractivity contribution in [2.45, 2.75) is 33.1 Å². The third kappa shape index (κ3) is 2.19. The molecule has 0 aromatic rings. The molecule has 2 atom stereocenters. The molecule has 1 fully saturated rings. The van der Waals surface area contributed by atoms with Gasteiger partial charge in [-0.05, 0) is 31.0 Å².